The molecule has 0 aromatic heterocycles. The zero-order valence-corrected chi connectivity index (χ0v) is 11.0. The number of carbonyl (C=O) groups is 1. The Bertz CT molecular complexity index is 240. The van der Waals surface area contributed by atoms with Gasteiger partial charge >= 0.3 is 0 Å². The van der Waals surface area contributed by atoms with Crippen molar-refractivity contribution in [2.24, 2.45) is 5.73 Å². The van der Waals surface area contributed by atoms with Crippen molar-refractivity contribution in [1.29, 1.82) is 0 Å². The number of rotatable bonds is 8. The summed E-state index contributed by atoms with van der Waals surface area (Å²) < 4.78 is 4.91. The molecule has 0 aliphatic carbocycles. The summed E-state index contributed by atoms with van der Waals surface area (Å²) in [6.07, 6.45) is 3.01. The van der Waals surface area contributed by atoms with Crippen molar-refractivity contribution in [3.8, 4) is 0 Å². The van der Waals surface area contributed by atoms with Crippen molar-refractivity contribution < 1.29 is 9.53 Å². The van der Waals surface area contributed by atoms with Crippen LogP contribution in [0, 0.1) is 0 Å². The molecule has 1 heterocycles. The lowest BCUT2D eigenvalue weighted by molar-refractivity contribution is -0.124. The zero-order valence-electron chi connectivity index (χ0n) is 11.0. The first-order valence-electron chi connectivity index (χ1n) is 6.36. The maximum absolute atomic E-state index is 11.5. The second kappa shape index (κ2) is 6.93. The Morgan fingerprint density at radius 2 is 2.24 bits per heavy atom. The number of methoxy groups -OCH3 is 1. The summed E-state index contributed by atoms with van der Waals surface area (Å²) in [7, 11) is 1.66. The molecule has 1 fully saturated rings. The van der Waals surface area contributed by atoms with Gasteiger partial charge < -0.3 is 15.8 Å². The minimum atomic E-state index is -0.0505. The van der Waals surface area contributed by atoms with Gasteiger partial charge in [-0.1, -0.05) is 13.3 Å². The summed E-state index contributed by atoms with van der Waals surface area (Å²) in [6.45, 7) is 5.66. The van der Waals surface area contributed by atoms with Crippen LogP contribution < -0.4 is 11.1 Å². The first-order valence-corrected chi connectivity index (χ1v) is 6.36. The predicted octanol–water partition coefficient (Wildman–Crippen LogP) is -0.0477. The van der Waals surface area contributed by atoms with E-state index in [0.717, 1.165) is 32.4 Å². The molecule has 1 amide bonds. The third-order valence-corrected chi connectivity index (χ3v) is 3.04. The first kappa shape index (κ1) is 14.4. The molecule has 0 bridgehead atoms. The summed E-state index contributed by atoms with van der Waals surface area (Å²) >= 11 is 0. The normalized spacial score (nSPS) is 18.8. The van der Waals surface area contributed by atoms with Crippen molar-refractivity contribution in [2.75, 3.05) is 39.9 Å². The first-order chi connectivity index (χ1) is 8.09. The van der Waals surface area contributed by atoms with E-state index < -0.39 is 0 Å². The third kappa shape index (κ3) is 5.02. The molecule has 5 nitrogen and oxygen atoms in total. The van der Waals surface area contributed by atoms with Gasteiger partial charge in [0.2, 0.25) is 5.91 Å². The Kier molecular flexibility index (Phi) is 5.88. The maximum Gasteiger partial charge on any atom is 0.234 e. The number of nitrogens with two attached hydrogens (primary N) is 1. The monoisotopic (exact) mass is 243 g/mol. The fourth-order valence-corrected chi connectivity index (χ4v) is 2.32. The maximum atomic E-state index is 11.5. The molecule has 0 aromatic rings. The van der Waals surface area contributed by atoms with Gasteiger partial charge in [0, 0.05) is 38.9 Å². The third-order valence-electron chi connectivity index (χ3n) is 3.04. The number of nitrogens with one attached hydrogen (secondary N) is 1. The van der Waals surface area contributed by atoms with E-state index in [9.17, 15) is 4.79 Å². The summed E-state index contributed by atoms with van der Waals surface area (Å²) in [4.78, 5) is 13.6. The quantitative estimate of drug-likeness (QED) is 0.587. The van der Waals surface area contributed by atoms with Gasteiger partial charge in [-0.2, -0.15) is 0 Å². The summed E-state index contributed by atoms with van der Waals surface area (Å²) in [6, 6.07) is 0. The van der Waals surface area contributed by atoms with E-state index >= 15 is 0 Å². The lowest BCUT2D eigenvalue weighted by Crippen LogP contribution is -2.68. The van der Waals surface area contributed by atoms with Gasteiger partial charge in [0.25, 0.3) is 0 Å². The van der Waals surface area contributed by atoms with Crippen LogP contribution in [0.15, 0.2) is 0 Å². The summed E-state index contributed by atoms with van der Waals surface area (Å²) in [5, 5.41) is 2.87. The average Bonchev–Trinajstić information content (AvgIpc) is 2.23. The van der Waals surface area contributed by atoms with E-state index in [-0.39, 0.29) is 11.4 Å². The highest BCUT2D eigenvalue weighted by atomic mass is 16.5. The predicted molar refractivity (Wildman–Crippen MR) is 67.8 cm³/mol. The molecular formula is C12H25N3O2. The largest absolute Gasteiger partial charge is 0.385 e. The number of amides is 1. The van der Waals surface area contributed by atoms with Crippen LogP contribution in [-0.4, -0.2) is 56.2 Å². The minimum absolute atomic E-state index is 0.0505. The second-order valence-electron chi connectivity index (χ2n) is 4.95. The van der Waals surface area contributed by atoms with Crippen molar-refractivity contribution in [1.82, 2.24) is 10.2 Å². The van der Waals surface area contributed by atoms with Crippen LogP contribution in [0.1, 0.15) is 26.2 Å². The molecule has 100 valence electrons. The van der Waals surface area contributed by atoms with Crippen LogP contribution in [-0.2, 0) is 9.53 Å². The van der Waals surface area contributed by atoms with Gasteiger partial charge in [-0.15, -0.1) is 0 Å². The smallest absolute Gasteiger partial charge is 0.234 e. The molecule has 0 spiro atoms. The Labute approximate surface area is 104 Å². The van der Waals surface area contributed by atoms with E-state index in [1.165, 1.54) is 0 Å². The van der Waals surface area contributed by atoms with E-state index in [4.69, 9.17) is 10.5 Å². The Morgan fingerprint density at radius 3 is 2.82 bits per heavy atom. The number of likely N-dealkylation sites (tertiary alicyclic amines) is 1. The molecule has 1 saturated heterocycles. The molecule has 17 heavy (non-hydrogen) atoms. The lowest BCUT2D eigenvalue weighted by atomic mass is 9.86. The van der Waals surface area contributed by atoms with Crippen LogP contribution in [0.4, 0.5) is 0 Å². The molecular weight excluding hydrogens is 218 g/mol. The standard InChI is InChI=1S/C12H25N3O2/c1-3-5-12(13)9-15(10-12)8-11(16)14-6-4-7-17-2/h3-10,13H2,1-2H3,(H,14,16). The van der Waals surface area contributed by atoms with Crippen molar-refractivity contribution in [3.05, 3.63) is 0 Å². The fraction of sp³-hybridized carbons (Fsp3) is 0.917. The molecule has 3 N–H and O–H groups in total. The molecule has 1 aliphatic heterocycles. The van der Waals surface area contributed by atoms with Crippen LogP contribution in [0.25, 0.3) is 0 Å². The lowest BCUT2D eigenvalue weighted by Gasteiger charge is -2.47. The Balaban J connectivity index is 2.05. The highest BCUT2D eigenvalue weighted by Gasteiger charge is 2.38. The van der Waals surface area contributed by atoms with Gasteiger partial charge in [0.05, 0.1) is 6.54 Å². The van der Waals surface area contributed by atoms with E-state index in [1.54, 1.807) is 7.11 Å². The number of nitrogens with zero attached hydrogens (tertiary/aromatic N) is 1. The number of ether oxygens (including phenoxy) is 1. The fourth-order valence-electron chi connectivity index (χ4n) is 2.32. The van der Waals surface area contributed by atoms with Crippen molar-refractivity contribution >= 4 is 5.91 Å². The summed E-state index contributed by atoms with van der Waals surface area (Å²) in [5.41, 5.74) is 6.08. The molecule has 0 atom stereocenters. The summed E-state index contributed by atoms with van der Waals surface area (Å²) in [5.74, 6) is 0.0830. The highest BCUT2D eigenvalue weighted by Crippen LogP contribution is 2.22. The molecule has 1 rings (SSSR count). The van der Waals surface area contributed by atoms with Crippen LogP contribution in [0.5, 0.6) is 0 Å². The van der Waals surface area contributed by atoms with Crippen LogP contribution in [0.3, 0.4) is 0 Å². The number of carbonyl (C=O) groups excluding carboxylic acids is 1. The highest BCUT2D eigenvalue weighted by molar-refractivity contribution is 5.78. The Hall–Kier alpha value is -0.650. The van der Waals surface area contributed by atoms with Gasteiger partial charge in [-0.25, -0.2) is 0 Å². The minimum Gasteiger partial charge on any atom is -0.385 e. The van der Waals surface area contributed by atoms with Gasteiger partial charge in [-0.05, 0) is 12.8 Å². The van der Waals surface area contributed by atoms with Gasteiger partial charge in [0.1, 0.15) is 0 Å². The van der Waals surface area contributed by atoms with Crippen molar-refractivity contribution in [3.63, 3.8) is 0 Å². The van der Waals surface area contributed by atoms with Crippen LogP contribution >= 0.6 is 0 Å². The second-order valence-corrected chi connectivity index (χ2v) is 4.95. The Morgan fingerprint density at radius 1 is 1.53 bits per heavy atom. The molecule has 0 aromatic carbocycles. The van der Waals surface area contributed by atoms with E-state index in [2.05, 4.69) is 17.1 Å². The molecule has 5 heteroatoms. The van der Waals surface area contributed by atoms with Gasteiger partial charge in [0.15, 0.2) is 0 Å². The molecule has 0 saturated carbocycles. The number of hydrogen-bond acceptors (Lipinski definition) is 4. The average molecular weight is 243 g/mol. The molecule has 0 unspecified atom stereocenters. The van der Waals surface area contributed by atoms with Gasteiger partial charge in [-0.3, -0.25) is 9.69 Å². The van der Waals surface area contributed by atoms with E-state index in [0.29, 0.717) is 19.7 Å². The van der Waals surface area contributed by atoms with E-state index in [1.807, 2.05) is 0 Å². The van der Waals surface area contributed by atoms with Crippen molar-refractivity contribution in [2.45, 2.75) is 31.7 Å². The van der Waals surface area contributed by atoms with Crippen LogP contribution in [0.2, 0.25) is 0 Å². The SMILES string of the molecule is CCCC1(N)CN(CC(=O)NCCCOC)C1. The molecule has 1 aliphatic rings. The molecule has 0 radical (unpaired) electrons. The zero-order chi connectivity index (χ0) is 12.7. The topological polar surface area (TPSA) is 67.6 Å². The number of hydrogen-bond donors (Lipinski definition) is 2.